The number of rotatable bonds is 5. The molecule has 6 nitrogen and oxygen atoms in total. The van der Waals surface area contributed by atoms with Gasteiger partial charge in [0.15, 0.2) is 0 Å². The molecule has 1 atom stereocenters. The molecule has 154 valence electrons. The summed E-state index contributed by atoms with van der Waals surface area (Å²) in [6, 6.07) is 5.99. The van der Waals surface area contributed by atoms with Crippen LogP contribution in [0.1, 0.15) is 58.1 Å². The molecular formula is C21H30FN3O3. The van der Waals surface area contributed by atoms with E-state index >= 15 is 0 Å². The number of amides is 2. The van der Waals surface area contributed by atoms with E-state index in [1.165, 1.54) is 12.1 Å². The normalized spacial score (nSPS) is 19.7. The predicted octanol–water partition coefficient (Wildman–Crippen LogP) is 3.13. The van der Waals surface area contributed by atoms with Crippen molar-refractivity contribution in [2.45, 2.75) is 70.2 Å². The van der Waals surface area contributed by atoms with Crippen molar-refractivity contribution in [2.75, 3.05) is 13.1 Å². The van der Waals surface area contributed by atoms with Crippen molar-refractivity contribution in [1.82, 2.24) is 15.5 Å². The summed E-state index contributed by atoms with van der Waals surface area (Å²) < 4.78 is 18.7. The summed E-state index contributed by atoms with van der Waals surface area (Å²) in [6.07, 6.45) is 3.09. The van der Waals surface area contributed by atoms with E-state index in [1.54, 1.807) is 12.1 Å². The molecule has 1 aliphatic heterocycles. The van der Waals surface area contributed by atoms with Crippen molar-refractivity contribution in [3.63, 3.8) is 0 Å². The predicted molar refractivity (Wildman–Crippen MR) is 104 cm³/mol. The zero-order chi connectivity index (χ0) is 20.3. The molecule has 0 radical (unpaired) electrons. The maximum Gasteiger partial charge on any atom is 0.407 e. The smallest absolute Gasteiger partial charge is 0.407 e. The highest BCUT2D eigenvalue weighted by Crippen LogP contribution is 2.28. The van der Waals surface area contributed by atoms with E-state index in [0.29, 0.717) is 13.1 Å². The van der Waals surface area contributed by atoms with Crippen LogP contribution in [0.4, 0.5) is 9.18 Å². The molecule has 1 aromatic carbocycles. The van der Waals surface area contributed by atoms with Gasteiger partial charge in [-0.2, -0.15) is 0 Å². The molecule has 1 heterocycles. The first-order chi connectivity index (χ1) is 13.2. The quantitative estimate of drug-likeness (QED) is 0.809. The molecule has 1 saturated heterocycles. The number of halogens is 1. The molecule has 3 rings (SSSR count). The Morgan fingerprint density at radius 2 is 1.61 bits per heavy atom. The standard InChI is InChI=1S/C21H30FN3O3/c1-21(2,3)28-20(27)24-17-10-12-25(13-11-17)18(19(26)23-16-8-9-16)14-4-6-15(22)7-5-14/h4-7,16-18H,8-13H2,1-3H3,(H,23,26)(H,24,27). The van der Waals surface area contributed by atoms with Crippen molar-refractivity contribution >= 4 is 12.0 Å². The van der Waals surface area contributed by atoms with Crippen molar-refractivity contribution in [3.05, 3.63) is 35.6 Å². The zero-order valence-corrected chi connectivity index (χ0v) is 16.8. The molecule has 0 aromatic heterocycles. The van der Waals surface area contributed by atoms with Crippen molar-refractivity contribution in [3.8, 4) is 0 Å². The van der Waals surface area contributed by atoms with Gasteiger partial charge in [-0.15, -0.1) is 0 Å². The highest BCUT2D eigenvalue weighted by Gasteiger charge is 2.34. The van der Waals surface area contributed by atoms with Gasteiger partial charge in [0.2, 0.25) is 5.91 Å². The minimum absolute atomic E-state index is 0.0199. The van der Waals surface area contributed by atoms with E-state index in [-0.39, 0.29) is 23.8 Å². The Labute approximate surface area is 165 Å². The fourth-order valence-electron chi connectivity index (χ4n) is 3.46. The summed E-state index contributed by atoms with van der Waals surface area (Å²) in [4.78, 5) is 27.0. The number of piperidine rings is 1. The molecule has 1 unspecified atom stereocenters. The number of hydrogen-bond acceptors (Lipinski definition) is 4. The van der Waals surface area contributed by atoms with Gasteiger partial charge >= 0.3 is 6.09 Å². The van der Waals surface area contributed by atoms with Crippen LogP contribution >= 0.6 is 0 Å². The second-order valence-electron chi connectivity index (χ2n) is 8.69. The third-order valence-corrected chi connectivity index (χ3v) is 4.97. The van der Waals surface area contributed by atoms with Crippen molar-refractivity contribution < 1.29 is 18.7 Å². The molecule has 28 heavy (non-hydrogen) atoms. The van der Waals surface area contributed by atoms with E-state index in [4.69, 9.17) is 4.74 Å². The number of likely N-dealkylation sites (tertiary alicyclic amines) is 1. The average Bonchev–Trinajstić information content (AvgIpc) is 3.40. The van der Waals surface area contributed by atoms with E-state index < -0.39 is 17.7 Å². The molecule has 2 aliphatic rings. The maximum atomic E-state index is 13.3. The van der Waals surface area contributed by atoms with Crippen LogP contribution in [-0.4, -0.2) is 47.7 Å². The van der Waals surface area contributed by atoms with Gasteiger partial charge in [-0.3, -0.25) is 9.69 Å². The average molecular weight is 391 g/mol. The number of alkyl carbamates (subject to hydrolysis) is 1. The van der Waals surface area contributed by atoms with Gasteiger partial charge in [-0.05, 0) is 64.2 Å². The third kappa shape index (κ3) is 5.92. The lowest BCUT2D eigenvalue weighted by atomic mass is 9.98. The molecule has 1 aliphatic carbocycles. The van der Waals surface area contributed by atoms with Gasteiger partial charge in [0, 0.05) is 25.2 Å². The molecule has 2 fully saturated rings. The van der Waals surface area contributed by atoms with Crippen LogP contribution in [0.3, 0.4) is 0 Å². The molecule has 0 bridgehead atoms. The van der Waals surface area contributed by atoms with E-state index in [9.17, 15) is 14.0 Å². The van der Waals surface area contributed by atoms with Crippen LogP contribution in [0, 0.1) is 5.82 Å². The third-order valence-electron chi connectivity index (χ3n) is 4.97. The lowest BCUT2D eigenvalue weighted by molar-refractivity contribution is -0.127. The Kier molecular flexibility index (Phi) is 6.23. The Bertz CT molecular complexity index is 690. The Balaban J connectivity index is 1.61. The lowest BCUT2D eigenvalue weighted by Gasteiger charge is -2.37. The van der Waals surface area contributed by atoms with Crippen LogP contribution in [-0.2, 0) is 9.53 Å². The summed E-state index contributed by atoms with van der Waals surface area (Å²) in [7, 11) is 0. The number of carbonyl (C=O) groups excluding carboxylic acids is 2. The number of hydrogen-bond donors (Lipinski definition) is 2. The van der Waals surface area contributed by atoms with Gasteiger partial charge in [-0.1, -0.05) is 12.1 Å². The highest BCUT2D eigenvalue weighted by atomic mass is 19.1. The van der Waals surface area contributed by atoms with E-state index in [2.05, 4.69) is 15.5 Å². The van der Waals surface area contributed by atoms with Crippen LogP contribution in [0.5, 0.6) is 0 Å². The second kappa shape index (κ2) is 8.47. The largest absolute Gasteiger partial charge is 0.444 e. The monoisotopic (exact) mass is 391 g/mol. The summed E-state index contributed by atoms with van der Waals surface area (Å²) in [5.41, 5.74) is 0.261. The second-order valence-corrected chi connectivity index (χ2v) is 8.69. The SMILES string of the molecule is CC(C)(C)OC(=O)NC1CCN(C(C(=O)NC2CC2)c2ccc(F)cc2)CC1. The number of carbonyl (C=O) groups is 2. The number of nitrogens with one attached hydrogen (secondary N) is 2. The molecule has 2 amide bonds. The molecule has 1 saturated carbocycles. The number of ether oxygens (including phenoxy) is 1. The molecule has 7 heteroatoms. The van der Waals surface area contributed by atoms with Gasteiger partial charge in [-0.25, -0.2) is 9.18 Å². The summed E-state index contributed by atoms with van der Waals surface area (Å²) in [5.74, 6) is -0.349. The summed E-state index contributed by atoms with van der Waals surface area (Å²) >= 11 is 0. The number of nitrogens with zero attached hydrogens (tertiary/aromatic N) is 1. The van der Waals surface area contributed by atoms with Crippen LogP contribution < -0.4 is 10.6 Å². The first kappa shape index (κ1) is 20.6. The summed E-state index contributed by atoms with van der Waals surface area (Å²) in [6.45, 7) is 6.84. The van der Waals surface area contributed by atoms with Crippen LogP contribution in [0.2, 0.25) is 0 Å². The van der Waals surface area contributed by atoms with E-state index in [1.807, 2.05) is 20.8 Å². The minimum atomic E-state index is -0.528. The fourth-order valence-corrected chi connectivity index (χ4v) is 3.46. The Morgan fingerprint density at radius 3 is 2.14 bits per heavy atom. The van der Waals surface area contributed by atoms with Crippen molar-refractivity contribution in [2.24, 2.45) is 0 Å². The molecule has 0 spiro atoms. The lowest BCUT2D eigenvalue weighted by Crippen LogP contribution is -2.49. The highest BCUT2D eigenvalue weighted by molar-refractivity contribution is 5.83. The van der Waals surface area contributed by atoms with Gasteiger partial charge in [0.25, 0.3) is 0 Å². The van der Waals surface area contributed by atoms with Gasteiger partial charge in [0.1, 0.15) is 17.5 Å². The van der Waals surface area contributed by atoms with Gasteiger partial charge < -0.3 is 15.4 Å². The first-order valence-electron chi connectivity index (χ1n) is 10.0. The topological polar surface area (TPSA) is 70.7 Å². The summed E-state index contributed by atoms with van der Waals surface area (Å²) in [5, 5.41) is 5.99. The van der Waals surface area contributed by atoms with Crippen LogP contribution in [0.15, 0.2) is 24.3 Å². The maximum absolute atomic E-state index is 13.3. The molecule has 2 N–H and O–H groups in total. The molecule has 1 aromatic rings. The van der Waals surface area contributed by atoms with Crippen LogP contribution in [0.25, 0.3) is 0 Å². The minimum Gasteiger partial charge on any atom is -0.444 e. The Morgan fingerprint density at radius 1 is 1.04 bits per heavy atom. The van der Waals surface area contributed by atoms with E-state index in [0.717, 1.165) is 31.2 Å². The Hall–Kier alpha value is -2.15. The fraction of sp³-hybridized carbons (Fsp3) is 0.619. The number of benzene rings is 1. The van der Waals surface area contributed by atoms with Crippen molar-refractivity contribution in [1.29, 1.82) is 0 Å². The molecular weight excluding hydrogens is 361 g/mol. The first-order valence-corrected chi connectivity index (χ1v) is 10.0. The van der Waals surface area contributed by atoms with Gasteiger partial charge in [0.05, 0.1) is 0 Å². The zero-order valence-electron chi connectivity index (χ0n) is 16.8.